The summed E-state index contributed by atoms with van der Waals surface area (Å²) in [5.41, 5.74) is -2.06. The van der Waals surface area contributed by atoms with Crippen LogP contribution >= 0.6 is 12.2 Å². The van der Waals surface area contributed by atoms with Crippen molar-refractivity contribution in [1.29, 1.82) is 0 Å². The minimum Gasteiger partial charge on any atom is -0.490 e. The van der Waals surface area contributed by atoms with E-state index in [0.717, 1.165) is 61.2 Å². The van der Waals surface area contributed by atoms with Gasteiger partial charge in [-0.25, -0.2) is 0 Å². The summed E-state index contributed by atoms with van der Waals surface area (Å²) in [6.45, 7) is 3.63. The molecule has 0 aliphatic carbocycles. The van der Waals surface area contributed by atoms with Crippen LogP contribution in [0, 0.1) is 10.1 Å². The molecule has 13 heteroatoms. The van der Waals surface area contributed by atoms with Gasteiger partial charge in [0.15, 0.2) is 0 Å². The Balaban J connectivity index is 1.19. The number of nitro groups is 1. The van der Waals surface area contributed by atoms with Crippen LogP contribution < -0.4 is 4.74 Å². The van der Waals surface area contributed by atoms with Gasteiger partial charge in [-0.1, -0.05) is 24.4 Å². The molecule has 2 saturated heterocycles. The van der Waals surface area contributed by atoms with Crippen LogP contribution in [0.2, 0.25) is 0 Å². The number of likely N-dealkylation sites (tertiary alicyclic amines) is 2. The lowest BCUT2D eigenvalue weighted by Gasteiger charge is -2.36. The Hall–Kier alpha value is -2.93. The van der Waals surface area contributed by atoms with Crippen molar-refractivity contribution in [3.8, 4) is 5.75 Å². The van der Waals surface area contributed by atoms with Crippen molar-refractivity contribution in [1.82, 2.24) is 9.80 Å². The monoisotopic (exact) mass is 589 g/mol. The Morgan fingerprint density at radius 2 is 1.55 bits per heavy atom. The molecular formula is C27H29F6N3O3S. The molecule has 0 bridgehead atoms. The fourth-order valence-electron chi connectivity index (χ4n) is 5.24. The third-order valence-corrected chi connectivity index (χ3v) is 7.97. The van der Waals surface area contributed by atoms with Crippen molar-refractivity contribution in [2.75, 3.05) is 32.7 Å². The molecule has 6 nitrogen and oxygen atoms in total. The molecule has 2 aromatic rings. The highest BCUT2D eigenvalue weighted by Crippen LogP contribution is 2.39. The highest BCUT2D eigenvalue weighted by Gasteiger charge is 2.39. The van der Waals surface area contributed by atoms with Gasteiger partial charge in [0.25, 0.3) is 5.69 Å². The second kappa shape index (κ2) is 12.3. The number of piperidine rings is 2. The number of hydrogen-bond donors (Lipinski definition) is 0. The molecule has 0 unspecified atom stereocenters. The molecule has 0 amide bonds. The molecule has 4 rings (SSSR count). The number of halogens is 6. The van der Waals surface area contributed by atoms with E-state index in [0.29, 0.717) is 38.4 Å². The molecule has 2 aliphatic heterocycles. The summed E-state index contributed by atoms with van der Waals surface area (Å²) in [5, 5.41) is 10.9. The van der Waals surface area contributed by atoms with Crippen molar-refractivity contribution in [3.05, 3.63) is 69.3 Å². The molecule has 2 heterocycles. The van der Waals surface area contributed by atoms with E-state index in [-0.39, 0.29) is 17.8 Å². The normalized spacial score (nSPS) is 18.1. The van der Waals surface area contributed by atoms with E-state index in [2.05, 4.69) is 9.80 Å². The molecule has 2 aliphatic rings. The number of benzene rings is 2. The minimum absolute atomic E-state index is 0.0568. The maximum absolute atomic E-state index is 13.2. The summed E-state index contributed by atoms with van der Waals surface area (Å²) >= 11 is 5.63. The molecule has 0 radical (unpaired) electrons. The molecule has 0 N–H and O–H groups in total. The fraction of sp³-hybridized carbons (Fsp3) is 0.519. The summed E-state index contributed by atoms with van der Waals surface area (Å²) in [6.07, 6.45) is -6.02. The van der Waals surface area contributed by atoms with Crippen molar-refractivity contribution >= 4 is 22.9 Å². The van der Waals surface area contributed by atoms with Gasteiger partial charge in [-0.05, 0) is 61.7 Å². The zero-order valence-corrected chi connectivity index (χ0v) is 22.3. The molecule has 0 spiro atoms. The number of ether oxygens (including phenoxy) is 1. The second-order valence-corrected chi connectivity index (χ2v) is 10.6. The summed E-state index contributed by atoms with van der Waals surface area (Å²) in [6, 6.07) is 8.10. The molecular weight excluding hydrogens is 560 g/mol. The van der Waals surface area contributed by atoms with Crippen molar-refractivity contribution in [2.45, 2.75) is 56.5 Å². The Kier molecular flexibility index (Phi) is 9.23. The molecule has 2 fully saturated rings. The Morgan fingerprint density at radius 1 is 0.925 bits per heavy atom. The molecule has 0 aromatic heterocycles. The van der Waals surface area contributed by atoms with Crippen molar-refractivity contribution in [3.63, 3.8) is 0 Å². The Labute approximate surface area is 233 Å². The molecule has 40 heavy (non-hydrogen) atoms. The predicted octanol–water partition coefficient (Wildman–Crippen LogP) is 7.07. The number of nitrogens with zero attached hydrogens (tertiary/aromatic N) is 3. The van der Waals surface area contributed by atoms with Crippen LogP contribution in [0.1, 0.15) is 54.7 Å². The molecule has 0 atom stereocenters. The number of thiocarbonyl (C=S) groups is 1. The standard InChI is InChI=1S/C27H29F6N3O3S/c28-26(29,30)20-3-1-18(2-4-20)19-7-12-34(13-8-19)14-11-25(40)35-15-9-21(10-16-35)39-22-5-6-24(36(37)38)23(17-22)27(31,32)33/h1-6,17,19,21H,7-16H2. The number of rotatable bonds is 7. The second-order valence-electron chi connectivity index (χ2n) is 10.1. The number of nitro benzene ring substituents is 1. The van der Waals surface area contributed by atoms with Crippen LogP contribution in [0.4, 0.5) is 32.0 Å². The predicted molar refractivity (Wildman–Crippen MR) is 140 cm³/mol. The highest BCUT2D eigenvalue weighted by molar-refractivity contribution is 7.80. The lowest BCUT2D eigenvalue weighted by molar-refractivity contribution is -0.388. The summed E-state index contributed by atoms with van der Waals surface area (Å²) in [4.78, 5) is 15.1. The van der Waals surface area contributed by atoms with E-state index in [4.69, 9.17) is 17.0 Å². The van der Waals surface area contributed by atoms with Gasteiger partial charge < -0.3 is 14.5 Å². The van der Waals surface area contributed by atoms with Gasteiger partial charge in [-0.15, -0.1) is 0 Å². The van der Waals surface area contributed by atoms with Crippen molar-refractivity contribution < 1.29 is 36.0 Å². The maximum Gasteiger partial charge on any atom is 0.423 e. The number of alkyl halides is 6. The van der Waals surface area contributed by atoms with Gasteiger partial charge in [-0.3, -0.25) is 10.1 Å². The van der Waals surface area contributed by atoms with Gasteiger partial charge >= 0.3 is 12.4 Å². The Bertz CT molecular complexity index is 1190. The Morgan fingerprint density at radius 3 is 2.10 bits per heavy atom. The van der Waals surface area contributed by atoms with E-state index in [1.807, 2.05) is 0 Å². The first-order valence-electron chi connectivity index (χ1n) is 13.0. The smallest absolute Gasteiger partial charge is 0.423 e. The summed E-state index contributed by atoms with van der Waals surface area (Å²) in [7, 11) is 0. The molecule has 218 valence electrons. The first-order chi connectivity index (χ1) is 18.8. The van der Waals surface area contributed by atoms with E-state index in [9.17, 15) is 36.5 Å². The minimum atomic E-state index is -4.87. The van der Waals surface area contributed by atoms with E-state index in [1.165, 1.54) is 6.07 Å². The van der Waals surface area contributed by atoms with E-state index < -0.39 is 34.1 Å². The zero-order valence-electron chi connectivity index (χ0n) is 21.5. The van der Waals surface area contributed by atoms with Gasteiger partial charge in [0.2, 0.25) is 0 Å². The SMILES string of the molecule is O=[N+]([O-])c1ccc(OC2CCN(C(=S)CCN3CCC(c4ccc(C(F)(F)F)cc4)CC3)CC2)cc1C(F)(F)F. The molecule has 0 saturated carbocycles. The summed E-state index contributed by atoms with van der Waals surface area (Å²) < 4.78 is 83.9. The van der Waals surface area contributed by atoms with Crippen LogP contribution in [-0.2, 0) is 12.4 Å². The van der Waals surface area contributed by atoms with E-state index >= 15 is 0 Å². The third-order valence-electron chi connectivity index (χ3n) is 7.51. The lowest BCUT2D eigenvalue weighted by Crippen LogP contribution is -2.42. The lowest BCUT2D eigenvalue weighted by atomic mass is 9.89. The van der Waals surface area contributed by atoms with Crippen LogP contribution in [0.3, 0.4) is 0 Å². The van der Waals surface area contributed by atoms with Gasteiger partial charge in [0, 0.05) is 45.0 Å². The van der Waals surface area contributed by atoms with Crippen LogP contribution in [0.15, 0.2) is 42.5 Å². The van der Waals surface area contributed by atoms with Gasteiger partial charge in [-0.2, -0.15) is 26.3 Å². The summed E-state index contributed by atoms with van der Waals surface area (Å²) in [5.74, 6) is 0.172. The van der Waals surface area contributed by atoms with Crippen LogP contribution in [0.25, 0.3) is 0 Å². The fourth-order valence-corrected chi connectivity index (χ4v) is 5.51. The first kappa shape index (κ1) is 30.0. The van der Waals surface area contributed by atoms with Gasteiger partial charge in [0.05, 0.1) is 15.5 Å². The highest BCUT2D eigenvalue weighted by atomic mass is 32.1. The van der Waals surface area contributed by atoms with Crippen molar-refractivity contribution in [2.24, 2.45) is 0 Å². The zero-order chi connectivity index (χ0) is 29.1. The first-order valence-corrected chi connectivity index (χ1v) is 13.4. The van der Waals surface area contributed by atoms with Crippen LogP contribution in [-0.4, -0.2) is 58.5 Å². The third kappa shape index (κ3) is 7.62. The maximum atomic E-state index is 13.2. The topological polar surface area (TPSA) is 58.9 Å². The van der Waals surface area contributed by atoms with E-state index in [1.54, 1.807) is 12.1 Å². The molecule has 2 aromatic carbocycles. The largest absolute Gasteiger partial charge is 0.490 e. The van der Waals surface area contributed by atoms with Gasteiger partial charge in [0.1, 0.15) is 17.4 Å². The average Bonchev–Trinajstić information content (AvgIpc) is 2.91. The quantitative estimate of drug-likeness (QED) is 0.149. The average molecular weight is 590 g/mol. The number of hydrogen-bond acceptors (Lipinski definition) is 5. The van der Waals surface area contributed by atoms with Crippen LogP contribution in [0.5, 0.6) is 5.75 Å².